The van der Waals surface area contributed by atoms with Gasteiger partial charge in [0.05, 0.1) is 0 Å². The molecule has 1 N–H and O–H groups in total. The highest BCUT2D eigenvalue weighted by molar-refractivity contribution is 7.99. The van der Waals surface area contributed by atoms with Gasteiger partial charge in [0.25, 0.3) is 0 Å². The van der Waals surface area contributed by atoms with Crippen molar-refractivity contribution in [1.82, 2.24) is 4.72 Å². The van der Waals surface area contributed by atoms with E-state index in [0.29, 0.717) is 0 Å². The van der Waals surface area contributed by atoms with Crippen molar-refractivity contribution in [1.29, 1.82) is 0 Å². The van der Waals surface area contributed by atoms with Gasteiger partial charge in [-0.15, -0.1) is 0 Å². The van der Waals surface area contributed by atoms with Crippen LogP contribution in [-0.2, 0) is 9.71 Å². The summed E-state index contributed by atoms with van der Waals surface area (Å²) in [6, 6.07) is 0. The van der Waals surface area contributed by atoms with Crippen LogP contribution in [0.2, 0.25) is 0 Å². The minimum atomic E-state index is -4.75. The molecular weight excluding hydrogens is 155 g/mol. The molecule has 6 heteroatoms. The first-order valence-electron chi connectivity index (χ1n) is 1.93. The Morgan fingerprint density at radius 2 is 1.89 bits per heavy atom. The van der Waals surface area contributed by atoms with Crippen LogP contribution in [0.1, 0.15) is 0 Å². The molecule has 56 valence electrons. The lowest BCUT2D eigenvalue weighted by atomic mass is 11.5. The molecule has 0 fully saturated rings. The first-order chi connectivity index (χ1) is 3.81. The van der Waals surface area contributed by atoms with Crippen molar-refractivity contribution in [2.45, 2.75) is 5.51 Å². The average Bonchev–Trinajstić information content (AvgIpc) is 1.64. The van der Waals surface area contributed by atoms with Crippen LogP contribution in [0.15, 0.2) is 0 Å². The van der Waals surface area contributed by atoms with E-state index in [-0.39, 0.29) is 0 Å². The highest BCUT2D eigenvalue weighted by Crippen LogP contribution is 2.20. The van der Waals surface area contributed by atoms with Crippen LogP contribution < -0.4 is 4.72 Å². The quantitative estimate of drug-likeness (QED) is 0.552. The van der Waals surface area contributed by atoms with E-state index >= 15 is 0 Å². The molecule has 0 amide bonds. The molecule has 0 saturated carbocycles. The summed E-state index contributed by atoms with van der Waals surface area (Å²) in [6.45, 7) is 0. The Hall–Kier alpha value is -0.230. The fourth-order valence-corrected chi connectivity index (χ4v) is 0.347. The molecule has 1 atom stereocenters. The Kier molecular flexibility index (Phi) is 2.13. The molecule has 1 unspecified atom stereocenters. The second kappa shape index (κ2) is 2.18. The maximum atomic E-state index is 11.4. The van der Waals surface area contributed by atoms with Crippen LogP contribution in [0, 0.1) is 0 Å². The average molecular weight is 161 g/mol. The molecule has 0 spiro atoms. The molecule has 0 bridgehead atoms. The van der Waals surface area contributed by atoms with E-state index in [4.69, 9.17) is 0 Å². The molecule has 0 aromatic rings. The van der Waals surface area contributed by atoms with Crippen molar-refractivity contribution in [3.63, 3.8) is 0 Å². The Morgan fingerprint density at radius 1 is 1.56 bits per heavy atom. The topological polar surface area (TPSA) is 29.1 Å². The van der Waals surface area contributed by atoms with E-state index in [2.05, 4.69) is 5.87 Å². The number of rotatable bonds is 1. The monoisotopic (exact) mass is 161 g/mol. The predicted octanol–water partition coefficient (Wildman–Crippen LogP) is 0.357. The molecule has 0 saturated heterocycles. The highest BCUT2D eigenvalue weighted by atomic mass is 32.2. The van der Waals surface area contributed by atoms with Crippen LogP contribution in [0.3, 0.4) is 0 Å². The Balaban J connectivity index is 4.57. The maximum Gasteiger partial charge on any atom is 0.476 e. The second-order valence-corrected chi connectivity index (χ2v) is 3.55. The Labute approximate surface area is 51.2 Å². The molecule has 0 aliphatic carbocycles. The van der Waals surface area contributed by atoms with Crippen LogP contribution in [0.5, 0.6) is 0 Å². The van der Waals surface area contributed by atoms with Crippen molar-refractivity contribution < 1.29 is 17.4 Å². The molecule has 0 aliphatic rings. The fraction of sp³-hybridized carbons (Fsp3) is 0.667. The molecule has 0 aromatic heterocycles. The number of nitrogens with one attached hydrogen (secondary N) is 1. The third kappa shape index (κ3) is 1.87. The molecule has 9 heavy (non-hydrogen) atoms. The summed E-state index contributed by atoms with van der Waals surface area (Å²) >= 11 is 0. The van der Waals surface area contributed by atoms with E-state index in [9.17, 15) is 17.4 Å². The third-order valence-electron chi connectivity index (χ3n) is 0.704. The van der Waals surface area contributed by atoms with Gasteiger partial charge in [-0.25, -0.2) is 8.93 Å². The van der Waals surface area contributed by atoms with Gasteiger partial charge >= 0.3 is 5.51 Å². The van der Waals surface area contributed by atoms with Crippen LogP contribution >= 0.6 is 0 Å². The highest BCUT2D eigenvalue weighted by Gasteiger charge is 2.38. The van der Waals surface area contributed by atoms with Gasteiger partial charge < -0.3 is 0 Å². The van der Waals surface area contributed by atoms with Gasteiger partial charge in [0.15, 0.2) is 0 Å². The fourth-order valence-electron chi connectivity index (χ4n) is 0.116. The van der Waals surface area contributed by atoms with E-state index in [1.807, 2.05) is 0 Å². The van der Waals surface area contributed by atoms with Crippen LogP contribution in [0.25, 0.3) is 0 Å². The van der Waals surface area contributed by atoms with Gasteiger partial charge in [-0.05, 0) is 12.9 Å². The zero-order valence-electron chi connectivity index (χ0n) is 4.66. The summed E-state index contributed by atoms with van der Waals surface area (Å²) in [7, 11) is -3.14. The number of hydrogen-bond acceptors (Lipinski definition) is 1. The third-order valence-corrected chi connectivity index (χ3v) is 2.11. The molecular formula is C3H6F3NOS. The predicted molar refractivity (Wildman–Crippen MR) is 30.4 cm³/mol. The number of hydrogen-bond donors (Lipinski definition) is 1. The SMILES string of the molecule is C=S(=O)(NC)C(F)(F)F. The van der Waals surface area contributed by atoms with E-state index in [0.717, 1.165) is 7.05 Å². The Morgan fingerprint density at radius 3 is 1.89 bits per heavy atom. The molecule has 0 aliphatic heterocycles. The van der Waals surface area contributed by atoms with Gasteiger partial charge in [-0.1, -0.05) is 0 Å². The maximum absolute atomic E-state index is 11.4. The zero-order valence-corrected chi connectivity index (χ0v) is 5.47. The largest absolute Gasteiger partial charge is 0.476 e. The molecule has 0 heterocycles. The summed E-state index contributed by atoms with van der Waals surface area (Å²) in [6.07, 6.45) is 0. The van der Waals surface area contributed by atoms with Gasteiger partial charge in [-0.3, -0.25) is 0 Å². The van der Waals surface area contributed by atoms with Crippen molar-refractivity contribution in [2.24, 2.45) is 0 Å². The summed E-state index contributed by atoms with van der Waals surface area (Å²) in [5, 5.41) is 0. The summed E-state index contributed by atoms with van der Waals surface area (Å²) < 4.78 is 46.1. The second-order valence-electron chi connectivity index (χ2n) is 1.33. The Bertz CT molecular complexity index is 180. The van der Waals surface area contributed by atoms with Gasteiger partial charge in [0, 0.05) is 0 Å². The van der Waals surface area contributed by atoms with E-state index in [1.54, 1.807) is 4.72 Å². The summed E-state index contributed by atoms with van der Waals surface area (Å²) in [5.74, 6) is 2.45. The van der Waals surface area contributed by atoms with Crippen molar-refractivity contribution >= 4 is 15.6 Å². The number of halogens is 3. The molecule has 0 aromatic carbocycles. The first-order valence-corrected chi connectivity index (χ1v) is 3.66. The number of alkyl halides is 3. The minimum absolute atomic E-state index is 0.947. The molecule has 0 rings (SSSR count). The lowest BCUT2D eigenvalue weighted by molar-refractivity contribution is -0.0400. The molecule has 2 nitrogen and oxygen atoms in total. The molecule has 0 radical (unpaired) electrons. The zero-order chi connectivity index (χ0) is 7.71. The first kappa shape index (κ1) is 8.77. The van der Waals surface area contributed by atoms with Crippen molar-refractivity contribution in [2.75, 3.05) is 7.05 Å². The lowest BCUT2D eigenvalue weighted by Crippen LogP contribution is -2.33. The van der Waals surface area contributed by atoms with E-state index < -0.39 is 15.2 Å². The van der Waals surface area contributed by atoms with Gasteiger partial charge in [0.1, 0.15) is 9.71 Å². The van der Waals surface area contributed by atoms with Gasteiger partial charge in [0.2, 0.25) is 0 Å². The van der Waals surface area contributed by atoms with E-state index in [1.165, 1.54) is 0 Å². The smallest absolute Gasteiger partial charge is 0.244 e. The van der Waals surface area contributed by atoms with Gasteiger partial charge in [-0.2, -0.15) is 13.2 Å². The van der Waals surface area contributed by atoms with Crippen molar-refractivity contribution in [3.8, 4) is 0 Å². The summed E-state index contributed by atoms with van der Waals surface area (Å²) in [5.41, 5.74) is -4.75. The van der Waals surface area contributed by atoms with Crippen molar-refractivity contribution in [3.05, 3.63) is 0 Å². The summed E-state index contributed by atoms with van der Waals surface area (Å²) in [4.78, 5) is 0. The minimum Gasteiger partial charge on any atom is -0.244 e. The van der Waals surface area contributed by atoms with Crippen LogP contribution in [0.4, 0.5) is 13.2 Å². The normalized spacial score (nSPS) is 19.1. The standard InChI is InChI=1S/C3H6F3NOS/c1-7-9(2,8)3(4,5)6/h2H2,1H3,(H,7,8). The lowest BCUT2D eigenvalue weighted by Gasteiger charge is -2.09. The van der Waals surface area contributed by atoms with Crippen LogP contribution in [-0.4, -0.2) is 22.6 Å².